The Balaban J connectivity index is 2.23. The van der Waals surface area contributed by atoms with Crippen molar-refractivity contribution in [3.05, 3.63) is 28.8 Å². The van der Waals surface area contributed by atoms with E-state index < -0.39 is 0 Å². The zero-order chi connectivity index (χ0) is 12.3. The number of halogens is 1. The lowest BCUT2D eigenvalue weighted by Crippen LogP contribution is -2.37. The Bertz CT molecular complexity index is 408. The number of aldehydes is 1. The summed E-state index contributed by atoms with van der Waals surface area (Å²) in [4.78, 5) is 13.2. The van der Waals surface area contributed by atoms with Crippen molar-refractivity contribution in [3.8, 4) is 0 Å². The molecule has 1 N–H and O–H groups in total. The first-order chi connectivity index (χ1) is 8.24. The number of rotatable bonds is 3. The summed E-state index contributed by atoms with van der Waals surface area (Å²) in [5.41, 5.74) is 1.54. The molecule has 1 aliphatic rings. The maximum atomic E-state index is 11.0. The SMILES string of the molecule is O=Cc1cc(Cl)ccc1N1CCCC(CO)C1. The average Bonchev–Trinajstić information content (AvgIpc) is 2.38. The molecule has 1 unspecified atom stereocenters. The number of aliphatic hydroxyl groups excluding tert-OH is 1. The van der Waals surface area contributed by atoms with Crippen molar-refractivity contribution in [2.24, 2.45) is 5.92 Å². The largest absolute Gasteiger partial charge is 0.396 e. The molecule has 0 aromatic heterocycles. The number of carbonyl (C=O) groups is 1. The number of hydrogen-bond donors (Lipinski definition) is 1. The van der Waals surface area contributed by atoms with E-state index in [0.29, 0.717) is 16.5 Å². The molecular weight excluding hydrogens is 238 g/mol. The van der Waals surface area contributed by atoms with Gasteiger partial charge in [-0.3, -0.25) is 4.79 Å². The molecule has 3 nitrogen and oxygen atoms in total. The molecule has 1 aliphatic heterocycles. The van der Waals surface area contributed by atoms with Crippen LogP contribution in [0.4, 0.5) is 5.69 Å². The lowest BCUT2D eigenvalue weighted by atomic mass is 9.98. The summed E-state index contributed by atoms with van der Waals surface area (Å²) in [6.45, 7) is 1.94. The van der Waals surface area contributed by atoms with Crippen LogP contribution in [0.15, 0.2) is 18.2 Å². The summed E-state index contributed by atoms with van der Waals surface area (Å²) >= 11 is 5.87. The molecule has 1 aromatic carbocycles. The van der Waals surface area contributed by atoms with Crippen LogP contribution in [-0.2, 0) is 0 Å². The monoisotopic (exact) mass is 253 g/mol. The van der Waals surface area contributed by atoms with Crippen LogP contribution in [0.2, 0.25) is 5.02 Å². The lowest BCUT2D eigenvalue weighted by molar-refractivity contribution is 0.112. The molecule has 0 spiro atoms. The normalized spacial score (nSPS) is 20.4. The summed E-state index contributed by atoms with van der Waals surface area (Å²) in [7, 11) is 0. The van der Waals surface area contributed by atoms with E-state index in [1.165, 1.54) is 0 Å². The van der Waals surface area contributed by atoms with Crippen molar-refractivity contribution in [2.45, 2.75) is 12.8 Å². The second-order valence-corrected chi connectivity index (χ2v) is 4.89. The molecule has 1 heterocycles. The maximum Gasteiger partial charge on any atom is 0.152 e. The van der Waals surface area contributed by atoms with Crippen molar-refractivity contribution in [3.63, 3.8) is 0 Å². The number of anilines is 1. The van der Waals surface area contributed by atoms with Crippen LogP contribution in [0.25, 0.3) is 0 Å². The Kier molecular flexibility index (Phi) is 4.02. The molecular formula is C13H16ClNO2. The van der Waals surface area contributed by atoms with Crippen molar-refractivity contribution in [1.29, 1.82) is 0 Å². The van der Waals surface area contributed by atoms with Gasteiger partial charge in [0.2, 0.25) is 0 Å². The Hall–Kier alpha value is -1.06. The zero-order valence-corrected chi connectivity index (χ0v) is 10.4. The smallest absolute Gasteiger partial charge is 0.152 e. The molecule has 1 fully saturated rings. The van der Waals surface area contributed by atoms with E-state index in [4.69, 9.17) is 11.6 Å². The van der Waals surface area contributed by atoms with Crippen molar-refractivity contribution >= 4 is 23.6 Å². The number of aliphatic hydroxyl groups is 1. The van der Waals surface area contributed by atoms with Crippen LogP contribution >= 0.6 is 11.6 Å². The molecule has 2 rings (SSSR count). The first kappa shape index (κ1) is 12.4. The molecule has 0 bridgehead atoms. The van der Waals surface area contributed by atoms with Crippen LogP contribution < -0.4 is 4.90 Å². The highest BCUT2D eigenvalue weighted by atomic mass is 35.5. The van der Waals surface area contributed by atoms with Crippen LogP contribution in [0.1, 0.15) is 23.2 Å². The molecule has 0 radical (unpaired) electrons. The fourth-order valence-electron chi connectivity index (χ4n) is 2.34. The van der Waals surface area contributed by atoms with Gasteiger partial charge >= 0.3 is 0 Å². The van der Waals surface area contributed by atoms with Crippen molar-refractivity contribution in [2.75, 3.05) is 24.6 Å². The quantitative estimate of drug-likeness (QED) is 0.841. The summed E-state index contributed by atoms with van der Waals surface area (Å²) in [6, 6.07) is 5.37. The molecule has 1 aromatic rings. The van der Waals surface area contributed by atoms with Crippen LogP contribution in [0, 0.1) is 5.92 Å². The van der Waals surface area contributed by atoms with Crippen molar-refractivity contribution < 1.29 is 9.90 Å². The molecule has 0 aliphatic carbocycles. The highest BCUT2D eigenvalue weighted by Gasteiger charge is 2.21. The third kappa shape index (κ3) is 2.79. The molecule has 17 heavy (non-hydrogen) atoms. The van der Waals surface area contributed by atoms with E-state index in [1.54, 1.807) is 12.1 Å². The van der Waals surface area contributed by atoms with Gasteiger partial charge in [0.05, 0.1) is 0 Å². The van der Waals surface area contributed by atoms with Gasteiger partial charge in [0.1, 0.15) is 0 Å². The number of hydrogen-bond acceptors (Lipinski definition) is 3. The van der Waals surface area contributed by atoms with Gasteiger partial charge in [-0.1, -0.05) is 11.6 Å². The predicted octanol–water partition coefficient (Wildman–Crippen LogP) is 2.36. The molecule has 4 heteroatoms. The second-order valence-electron chi connectivity index (χ2n) is 4.46. The number of piperidine rings is 1. The van der Waals surface area contributed by atoms with Crippen LogP contribution in [-0.4, -0.2) is 31.1 Å². The number of benzene rings is 1. The molecule has 0 amide bonds. The Morgan fingerprint density at radius 2 is 2.35 bits per heavy atom. The van der Waals surface area contributed by atoms with Gasteiger partial charge in [-0.2, -0.15) is 0 Å². The average molecular weight is 254 g/mol. The molecule has 0 saturated carbocycles. The maximum absolute atomic E-state index is 11.0. The Morgan fingerprint density at radius 1 is 1.53 bits per heavy atom. The fraction of sp³-hybridized carbons (Fsp3) is 0.462. The highest BCUT2D eigenvalue weighted by Crippen LogP contribution is 2.27. The third-order valence-electron chi connectivity index (χ3n) is 3.23. The van der Waals surface area contributed by atoms with Crippen LogP contribution in [0.3, 0.4) is 0 Å². The Morgan fingerprint density at radius 3 is 3.06 bits per heavy atom. The van der Waals surface area contributed by atoms with Gasteiger partial charge in [0.15, 0.2) is 6.29 Å². The molecule has 1 atom stereocenters. The standard InChI is InChI=1S/C13H16ClNO2/c14-12-3-4-13(11(6-12)9-17)15-5-1-2-10(7-15)8-16/h3-4,6,9-10,16H,1-2,5,7-8H2. The summed E-state index contributed by atoms with van der Waals surface area (Å²) in [5.74, 6) is 0.305. The van der Waals surface area contributed by atoms with Gasteiger partial charge in [0, 0.05) is 36.0 Å². The Labute approximate surface area is 106 Å². The van der Waals surface area contributed by atoms with Gasteiger partial charge < -0.3 is 10.0 Å². The predicted molar refractivity (Wildman–Crippen MR) is 68.9 cm³/mol. The summed E-state index contributed by atoms with van der Waals surface area (Å²) in [5, 5.41) is 9.78. The second kappa shape index (κ2) is 5.52. The first-order valence-corrected chi connectivity index (χ1v) is 6.23. The highest BCUT2D eigenvalue weighted by molar-refractivity contribution is 6.31. The first-order valence-electron chi connectivity index (χ1n) is 5.85. The summed E-state index contributed by atoms with van der Waals surface area (Å²) in [6.07, 6.45) is 2.94. The van der Waals surface area contributed by atoms with E-state index in [9.17, 15) is 9.90 Å². The minimum Gasteiger partial charge on any atom is -0.396 e. The summed E-state index contributed by atoms with van der Waals surface area (Å²) < 4.78 is 0. The fourth-order valence-corrected chi connectivity index (χ4v) is 2.52. The number of nitrogens with zero attached hydrogens (tertiary/aromatic N) is 1. The van der Waals surface area contributed by atoms with Gasteiger partial charge in [-0.05, 0) is 37.0 Å². The minimum atomic E-state index is 0.209. The zero-order valence-electron chi connectivity index (χ0n) is 9.60. The van der Waals surface area contributed by atoms with E-state index in [-0.39, 0.29) is 6.61 Å². The molecule has 92 valence electrons. The number of carbonyl (C=O) groups excluding carboxylic acids is 1. The lowest BCUT2D eigenvalue weighted by Gasteiger charge is -2.34. The molecule has 1 saturated heterocycles. The van der Waals surface area contributed by atoms with Gasteiger partial charge in [-0.15, -0.1) is 0 Å². The van der Waals surface area contributed by atoms with E-state index in [1.807, 2.05) is 6.07 Å². The van der Waals surface area contributed by atoms with Crippen molar-refractivity contribution in [1.82, 2.24) is 0 Å². The third-order valence-corrected chi connectivity index (χ3v) is 3.47. The van der Waals surface area contributed by atoms with Crippen LogP contribution in [0.5, 0.6) is 0 Å². The van der Waals surface area contributed by atoms with Gasteiger partial charge in [-0.25, -0.2) is 0 Å². The van der Waals surface area contributed by atoms with E-state index >= 15 is 0 Å². The van der Waals surface area contributed by atoms with Gasteiger partial charge in [0.25, 0.3) is 0 Å². The van der Waals surface area contributed by atoms with E-state index in [0.717, 1.165) is 37.9 Å². The minimum absolute atomic E-state index is 0.209. The topological polar surface area (TPSA) is 40.5 Å². The van der Waals surface area contributed by atoms with E-state index in [2.05, 4.69) is 4.90 Å².